The fourth-order valence-electron chi connectivity index (χ4n) is 3.59. The third-order valence-electron chi connectivity index (χ3n) is 5.33. The Morgan fingerprint density at radius 1 is 1.00 bits per heavy atom. The van der Waals surface area contributed by atoms with Crippen molar-refractivity contribution >= 4 is 21.6 Å². The van der Waals surface area contributed by atoms with Crippen molar-refractivity contribution in [3.05, 3.63) is 59.2 Å². The van der Waals surface area contributed by atoms with E-state index in [-0.39, 0.29) is 36.0 Å². The van der Waals surface area contributed by atoms with E-state index in [9.17, 15) is 26.4 Å². The van der Waals surface area contributed by atoms with E-state index in [1.54, 1.807) is 37.3 Å². The molecule has 0 spiro atoms. The van der Waals surface area contributed by atoms with Crippen molar-refractivity contribution < 1.29 is 26.4 Å². The van der Waals surface area contributed by atoms with E-state index in [0.717, 1.165) is 5.56 Å². The number of nitrogens with one attached hydrogen (secondary N) is 1. The number of sulfonamides is 1. The standard InChI is InChI=1S/C22H26F3N3O3S/c1-16-4-7-18(8-5-16)26-32(30,31)19-9-6-17(2)20(14-19)21(29)28-11-3-10-27(12-13-28)15-22(23,24)25/h4-9,14,26H,3,10-13,15H2,1-2H3. The second-order valence-electron chi connectivity index (χ2n) is 7.99. The smallest absolute Gasteiger partial charge is 0.337 e. The minimum atomic E-state index is -4.29. The van der Waals surface area contributed by atoms with Crippen LogP contribution in [0.5, 0.6) is 0 Å². The lowest BCUT2D eigenvalue weighted by Gasteiger charge is -2.23. The Labute approximate surface area is 186 Å². The molecule has 0 unspecified atom stereocenters. The molecule has 1 fully saturated rings. The third kappa shape index (κ3) is 6.23. The van der Waals surface area contributed by atoms with E-state index in [0.29, 0.717) is 24.2 Å². The van der Waals surface area contributed by atoms with Crippen molar-refractivity contribution in [2.45, 2.75) is 31.3 Å². The van der Waals surface area contributed by atoms with Crippen molar-refractivity contribution in [2.24, 2.45) is 0 Å². The van der Waals surface area contributed by atoms with Crippen LogP contribution >= 0.6 is 0 Å². The van der Waals surface area contributed by atoms with Crippen LogP contribution in [0.3, 0.4) is 0 Å². The summed E-state index contributed by atoms with van der Waals surface area (Å²) in [6, 6.07) is 11.2. The van der Waals surface area contributed by atoms with Gasteiger partial charge in [0, 0.05) is 37.4 Å². The van der Waals surface area contributed by atoms with Crippen LogP contribution in [0.15, 0.2) is 47.4 Å². The largest absolute Gasteiger partial charge is 0.401 e. The van der Waals surface area contributed by atoms with Crippen LogP contribution in [0.25, 0.3) is 0 Å². The van der Waals surface area contributed by atoms with Gasteiger partial charge in [0.25, 0.3) is 15.9 Å². The Balaban J connectivity index is 1.77. The number of nitrogens with zero attached hydrogens (tertiary/aromatic N) is 2. The zero-order valence-corrected chi connectivity index (χ0v) is 18.8. The zero-order chi connectivity index (χ0) is 23.5. The highest BCUT2D eigenvalue weighted by Crippen LogP contribution is 2.22. The molecule has 174 valence electrons. The van der Waals surface area contributed by atoms with Crippen molar-refractivity contribution in [3.8, 4) is 0 Å². The van der Waals surface area contributed by atoms with Gasteiger partial charge in [-0.25, -0.2) is 8.42 Å². The fourth-order valence-corrected chi connectivity index (χ4v) is 4.67. The van der Waals surface area contributed by atoms with Crippen molar-refractivity contribution in [3.63, 3.8) is 0 Å². The monoisotopic (exact) mass is 469 g/mol. The molecule has 6 nitrogen and oxygen atoms in total. The first kappa shape index (κ1) is 24.1. The van der Waals surface area contributed by atoms with Gasteiger partial charge in [0.1, 0.15) is 0 Å². The van der Waals surface area contributed by atoms with Gasteiger partial charge in [0.05, 0.1) is 11.4 Å². The van der Waals surface area contributed by atoms with E-state index in [1.165, 1.54) is 21.9 Å². The van der Waals surface area contributed by atoms with Crippen LogP contribution < -0.4 is 4.72 Å². The Bertz CT molecular complexity index is 1070. The number of hydrogen-bond donors (Lipinski definition) is 1. The predicted molar refractivity (Wildman–Crippen MR) is 116 cm³/mol. The van der Waals surface area contributed by atoms with Crippen LogP contribution in [0.4, 0.5) is 18.9 Å². The molecular formula is C22H26F3N3O3S. The zero-order valence-electron chi connectivity index (χ0n) is 17.9. The van der Waals surface area contributed by atoms with Gasteiger partial charge in [0.2, 0.25) is 0 Å². The maximum atomic E-state index is 13.1. The van der Waals surface area contributed by atoms with E-state index in [1.807, 2.05) is 6.92 Å². The maximum Gasteiger partial charge on any atom is 0.401 e. The lowest BCUT2D eigenvalue weighted by atomic mass is 10.1. The van der Waals surface area contributed by atoms with Crippen LogP contribution in [0, 0.1) is 13.8 Å². The number of rotatable bonds is 5. The van der Waals surface area contributed by atoms with Gasteiger partial charge in [-0.2, -0.15) is 13.2 Å². The molecular weight excluding hydrogens is 443 g/mol. The Morgan fingerprint density at radius 2 is 1.69 bits per heavy atom. The molecule has 2 aromatic rings. The van der Waals surface area contributed by atoms with Crippen molar-refractivity contribution in [2.75, 3.05) is 37.4 Å². The summed E-state index contributed by atoms with van der Waals surface area (Å²) in [5.41, 5.74) is 2.21. The number of alkyl halides is 3. The Morgan fingerprint density at radius 3 is 2.34 bits per heavy atom. The lowest BCUT2D eigenvalue weighted by Crippen LogP contribution is -2.38. The molecule has 0 saturated carbocycles. The first-order valence-electron chi connectivity index (χ1n) is 10.2. The molecule has 0 aliphatic carbocycles. The van der Waals surface area contributed by atoms with Gasteiger partial charge in [0.15, 0.2) is 0 Å². The predicted octanol–water partition coefficient (Wildman–Crippen LogP) is 3.81. The molecule has 1 saturated heterocycles. The van der Waals surface area contributed by atoms with Gasteiger partial charge < -0.3 is 4.90 Å². The summed E-state index contributed by atoms with van der Waals surface area (Å²) in [6.45, 7) is 3.39. The molecule has 0 atom stereocenters. The molecule has 3 rings (SSSR count). The van der Waals surface area contributed by atoms with Gasteiger partial charge >= 0.3 is 6.18 Å². The Kier molecular flexibility index (Phi) is 7.14. The first-order chi connectivity index (χ1) is 14.9. The summed E-state index contributed by atoms with van der Waals surface area (Å²) < 4.78 is 66.2. The molecule has 0 bridgehead atoms. The van der Waals surface area contributed by atoms with Crippen LogP contribution in [0.1, 0.15) is 27.9 Å². The SMILES string of the molecule is Cc1ccc(NS(=O)(=O)c2ccc(C)c(C(=O)N3CCCN(CC(F)(F)F)CC3)c2)cc1. The highest BCUT2D eigenvalue weighted by atomic mass is 32.2. The number of carbonyl (C=O) groups excluding carboxylic acids is 1. The summed E-state index contributed by atoms with van der Waals surface area (Å²) in [5.74, 6) is -0.385. The summed E-state index contributed by atoms with van der Waals surface area (Å²) in [4.78, 5) is 15.8. The molecule has 0 radical (unpaired) electrons. The number of carbonyl (C=O) groups is 1. The maximum absolute atomic E-state index is 13.1. The second kappa shape index (κ2) is 9.50. The summed E-state index contributed by atoms with van der Waals surface area (Å²) in [6.07, 6.45) is -3.88. The average Bonchev–Trinajstić information content (AvgIpc) is 2.93. The van der Waals surface area contributed by atoms with E-state index in [4.69, 9.17) is 0 Å². The van der Waals surface area contributed by atoms with E-state index < -0.39 is 22.7 Å². The highest BCUT2D eigenvalue weighted by molar-refractivity contribution is 7.92. The van der Waals surface area contributed by atoms with E-state index in [2.05, 4.69) is 4.72 Å². The number of benzene rings is 2. The third-order valence-corrected chi connectivity index (χ3v) is 6.71. The van der Waals surface area contributed by atoms with Crippen molar-refractivity contribution in [1.29, 1.82) is 0 Å². The van der Waals surface area contributed by atoms with Crippen LogP contribution in [-0.4, -0.2) is 63.0 Å². The average molecular weight is 470 g/mol. The number of anilines is 1. The summed E-state index contributed by atoms with van der Waals surface area (Å²) in [7, 11) is -3.92. The number of hydrogen-bond acceptors (Lipinski definition) is 4. The molecule has 1 aliphatic rings. The van der Waals surface area contributed by atoms with Gasteiger partial charge in [-0.05, 0) is 50.1 Å². The second-order valence-corrected chi connectivity index (χ2v) is 9.67. The molecule has 2 aromatic carbocycles. The minimum Gasteiger partial charge on any atom is -0.337 e. The molecule has 0 aromatic heterocycles. The number of aryl methyl sites for hydroxylation is 2. The molecule has 10 heteroatoms. The summed E-state index contributed by atoms with van der Waals surface area (Å²) >= 11 is 0. The van der Waals surface area contributed by atoms with Gasteiger partial charge in [-0.1, -0.05) is 23.8 Å². The Hall–Kier alpha value is -2.59. The van der Waals surface area contributed by atoms with Crippen molar-refractivity contribution in [1.82, 2.24) is 9.80 Å². The summed E-state index contributed by atoms with van der Waals surface area (Å²) in [5, 5.41) is 0. The molecule has 1 aliphatic heterocycles. The van der Waals surface area contributed by atoms with Crippen LogP contribution in [-0.2, 0) is 10.0 Å². The topological polar surface area (TPSA) is 69.7 Å². The van der Waals surface area contributed by atoms with E-state index >= 15 is 0 Å². The van der Waals surface area contributed by atoms with Gasteiger partial charge in [-0.15, -0.1) is 0 Å². The normalized spacial score (nSPS) is 16.0. The molecule has 1 amide bonds. The van der Waals surface area contributed by atoms with Gasteiger partial charge in [-0.3, -0.25) is 14.4 Å². The number of halogens is 3. The first-order valence-corrected chi connectivity index (χ1v) is 11.7. The quantitative estimate of drug-likeness (QED) is 0.723. The molecule has 1 N–H and O–H groups in total. The lowest BCUT2D eigenvalue weighted by molar-refractivity contribution is -0.145. The minimum absolute atomic E-state index is 0.0551. The molecule has 1 heterocycles. The highest BCUT2D eigenvalue weighted by Gasteiger charge is 2.32. The molecule has 32 heavy (non-hydrogen) atoms. The fraction of sp³-hybridized carbons (Fsp3) is 0.409. The van der Waals surface area contributed by atoms with Crippen LogP contribution in [0.2, 0.25) is 0 Å². The number of amides is 1.